The lowest BCUT2D eigenvalue weighted by Gasteiger charge is -2.03. The Morgan fingerprint density at radius 2 is 1.59 bits per heavy atom. The standard InChI is InChI=1S/C23H12FN3OS/c24-14-11-9-13(10-12-14)20-19-21(15-5-1-2-6-16(15)22(19)28)27(26-20)23-25-17-7-3-4-8-18(17)29-23/h1-12H. The van der Waals surface area contributed by atoms with Crippen LogP contribution >= 0.6 is 11.3 Å². The van der Waals surface area contributed by atoms with Crippen molar-refractivity contribution in [1.29, 1.82) is 0 Å². The van der Waals surface area contributed by atoms with Crippen LogP contribution in [0, 0.1) is 5.82 Å². The van der Waals surface area contributed by atoms with E-state index < -0.39 is 0 Å². The number of rotatable bonds is 2. The van der Waals surface area contributed by atoms with Crippen molar-refractivity contribution in [1.82, 2.24) is 14.8 Å². The maximum Gasteiger partial charge on any atom is 0.212 e. The summed E-state index contributed by atoms with van der Waals surface area (Å²) in [6, 6.07) is 21.5. The fourth-order valence-electron chi connectivity index (χ4n) is 3.80. The van der Waals surface area contributed by atoms with Gasteiger partial charge in [-0.25, -0.2) is 14.1 Å². The molecule has 138 valence electrons. The van der Waals surface area contributed by atoms with E-state index in [1.54, 1.807) is 16.8 Å². The fraction of sp³-hybridized carbons (Fsp3) is 0. The van der Waals surface area contributed by atoms with E-state index in [0.717, 1.165) is 21.5 Å². The molecule has 0 saturated carbocycles. The van der Waals surface area contributed by atoms with Crippen molar-refractivity contribution in [2.24, 2.45) is 0 Å². The van der Waals surface area contributed by atoms with Gasteiger partial charge in [-0.15, -0.1) is 0 Å². The van der Waals surface area contributed by atoms with Crippen molar-refractivity contribution < 1.29 is 9.18 Å². The first-order valence-corrected chi connectivity index (χ1v) is 9.91. The number of hydrogen-bond donors (Lipinski definition) is 0. The second kappa shape index (κ2) is 5.93. The van der Waals surface area contributed by atoms with Gasteiger partial charge in [-0.3, -0.25) is 4.79 Å². The highest BCUT2D eigenvalue weighted by molar-refractivity contribution is 7.20. The lowest BCUT2D eigenvalue weighted by molar-refractivity contribution is 0.104. The van der Waals surface area contributed by atoms with Gasteiger partial charge in [-0.1, -0.05) is 47.7 Å². The number of para-hydroxylation sites is 1. The number of halogens is 1. The van der Waals surface area contributed by atoms with Gasteiger partial charge in [0.1, 0.15) is 11.5 Å². The molecule has 0 atom stereocenters. The minimum atomic E-state index is -0.328. The molecule has 0 amide bonds. The highest BCUT2D eigenvalue weighted by atomic mass is 32.1. The molecule has 6 heteroatoms. The van der Waals surface area contributed by atoms with Gasteiger partial charge in [-0.05, 0) is 36.4 Å². The third kappa shape index (κ3) is 2.33. The van der Waals surface area contributed by atoms with Crippen LogP contribution in [-0.2, 0) is 0 Å². The summed E-state index contributed by atoms with van der Waals surface area (Å²) in [7, 11) is 0. The van der Waals surface area contributed by atoms with Gasteiger partial charge in [0, 0.05) is 16.7 Å². The lowest BCUT2D eigenvalue weighted by Crippen LogP contribution is -2.00. The number of aromatic nitrogens is 3. The average Bonchev–Trinajstić information content (AvgIpc) is 3.42. The van der Waals surface area contributed by atoms with Gasteiger partial charge in [0.05, 0.1) is 21.5 Å². The maximum absolute atomic E-state index is 13.5. The smallest absolute Gasteiger partial charge is 0.212 e. The number of nitrogens with zero attached hydrogens (tertiary/aromatic N) is 3. The number of ketones is 1. The third-order valence-corrected chi connectivity index (χ3v) is 6.13. The second-order valence-electron chi connectivity index (χ2n) is 6.83. The summed E-state index contributed by atoms with van der Waals surface area (Å²) in [5.41, 5.74) is 4.90. The van der Waals surface area contributed by atoms with Crippen molar-refractivity contribution in [2.75, 3.05) is 0 Å². The number of carbonyl (C=O) groups is 1. The van der Waals surface area contributed by atoms with E-state index in [0.29, 0.717) is 27.5 Å². The fourth-order valence-corrected chi connectivity index (χ4v) is 4.73. The van der Waals surface area contributed by atoms with Crippen molar-refractivity contribution in [3.63, 3.8) is 0 Å². The molecule has 0 radical (unpaired) electrons. The Hall–Kier alpha value is -3.64. The van der Waals surface area contributed by atoms with Crippen LogP contribution in [0.1, 0.15) is 15.9 Å². The van der Waals surface area contributed by atoms with Crippen LogP contribution in [0.3, 0.4) is 0 Å². The summed E-state index contributed by atoms with van der Waals surface area (Å²) in [4.78, 5) is 17.9. The first kappa shape index (κ1) is 16.3. The van der Waals surface area contributed by atoms with Crippen LogP contribution in [0.2, 0.25) is 0 Å². The van der Waals surface area contributed by atoms with Crippen molar-refractivity contribution in [3.05, 3.63) is 89.7 Å². The molecular formula is C23H12FN3OS. The van der Waals surface area contributed by atoms with Gasteiger partial charge < -0.3 is 0 Å². The number of thiazole rings is 1. The van der Waals surface area contributed by atoms with Crippen LogP contribution in [-0.4, -0.2) is 20.5 Å². The van der Waals surface area contributed by atoms with Gasteiger partial charge in [-0.2, -0.15) is 5.10 Å². The summed E-state index contributed by atoms with van der Waals surface area (Å²) < 4.78 is 16.3. The molecule has 0 N–H and O–H groups in total. The zero-order chi connectivity index (χ0) is 19.5. The van der Waals surface area contributed by atoms with Gasteiger partial charge in [0.2, 0.25) is 5.13 Å². The van der Waals surface area contributed by atoms with Gasteiger partial charge in [0.25, 0.3) is 0 Å². The molecule has 0 aliphatic heterocycles. The van der Waals surface area contributed by atoms with Gasteiger partial charge >= 0.3 is 0 Å². The number of fused-ring (bicyclic) bond motifs is 4. The van der Waals surface area contributed by atoms with E-state index in [1.807, 2.05) is 48.5 Å². The van der Waals surface area contributed by atoms with E-state index in [4.69, 9.17) is 10.1 Å². The van der Waals surface area contributed by atoms with Crippen LogP contribution in [0.25, 0.3) is 37.9 Å². The first-order chi connectivity index (χ1) is 14.2. The van der Waals surface area contributed by atoms with Crippen LogP contribution in [0.15, 0.2) is 72.8 Å². The topological polar surface area (TPSA) is 47.8 Å². The normalized spacial score (nSPS) is 12.4. The summed E-state index contributed by atoms with van der Waals surface area (Å²) in [6.07, 6.45) is 0. The Morgan fingerprint density at radius 1 is 0.862 bits per heavy atom. The van der Waals surface area contributed by atoms with Crippen molar-refractivity contribution >= 4 is 27.3 Å². The minimum absolute atomic E-state index is 0.0673. The van der Waals surface area contributed by atoms with E-state index >= 15 is 0 Å². The lowest BCUT2D eigenvalue weighted by atomic mass is 10.0. The Kier molecular flexibility index (Phi) is 3.34. The zero-order valence-electron chi connectivity index (χ0n) is 15.0. The Balaban J connectivity index is 1.67. The molecule has 0 fully saturated rings. The molecule has 0 saturated heterocycles. The maximum atomic E-state index is 13.5. The molecule has 0 bridgehead atoms. The number of carbonyl (C=O) groups excluding carboxylic acids is 1. The SMILES string of the molecule is O=C1c2ccccc2-c2c1c(-c1ccc(F)cc1)nn2-c1nc2ccccc2s1. The average molecular weight is 397 g/mol. The second-order valence-corrected chi connectivity index (χ2v) is 7.84. The number of benzene rings is 3. The Morgan fingerprint density at radius 3 is 2.38 bits per heavy atom. The van der Waals surface area contributed by atoms with E-state index in [2.05, 4.69) is 0 Å². The third-order valence-electron chi connectivity index (χ3n) is 5.12. The molecular weight excluding hydrogens is 385 g/mol. The summed E-state index contributed by atoms with van der Waals surface area (Å²) in [5.74, 6) is -0.395. The van der Waals surface area contributed by atoms with Crippen molar-refractivity contribution in [2.45, 2.75) is 0 Å². The molecule has 2 aromatic heterocycles. The van der Waals surface area contributed by atoms with Crippen LogP contribution < -0.4 is 0 Å². The highest BCUT2D eigenvalue weighted by Crippen LogP contribution is 2.43. The molecule has 5 aromatic rings. The Bertz CT molecular complexity index is 1400. The van der Waals surface area contributed by atoms with Crippen LogP contribution in [0.4, 0.5) is 4.39 Å². The summed E-state index contributed by atoms with van der Waals surface area (Å²) >= 11 is 1.52. The predicted molar refractivity (Wildman–Crippen MR) is 111 cm³/mol. The molecule has 6 rings (SSSR count). The van der Waals surface area contributed by atoms with E-state index in [9.17, 15) is 9.18 Å². The molecule has 29 heavy (non-hydrogen) atoms. The van der Waals surface area contributed by atoms with E-state index in [-0.39, 0.29) is 11.6 Å². The molecule has 4 nitrogen and oxygen atoms in total. The monoisotopic (exact) mass is 397 g/mol. The van der Waals surface area contributed by atoms with Crippen molar-refractivity contribution in [3.8, 4) is 27.6 Å². The predicted octanol–water partition coefficient (Wildman–Crippen LogP) is 5.50. The quantitative estimate of drug-likeness (QED) is 0.388. The Labute approximate surface area is 168 Å². The molecule has 2 heterocycles. The summed E-state index contributed by atoms with van der Waals surface area (Å²) in [6.45, 7) is 0. The zero-order valence-corrected chi connectivity index (χ0v) is 15.8. The largest absolute Gasteiger partial charge is 0.288 e. The first-order valence-electron chi connectivity index (χ1n) is 9.10. The molecule has 1 aliphatic rings. The van der Waals surface area contributed by atoms with Gasteiger partial charge in [0.15, 0.2) is 5.78 Å². The highest BCUT2D eigenvalue weighted by Gasteiger charge is 2.35. The molecule has 3 aromatic carbocycles. The molecule has 0 spiro atoms. The molecule has 1 aliphatic carbocycles. The summed E-state index contributed by atoms with van der Waals surface area (Å²) in [5, 5.41) is 5.46. The number of hydrogen-bond acceptors (Lipinski definition) is 4. The van der Waals surface area contributed by atoms with E-state index in [1.165, 1.54) is 23.5 Å². The molecule has 0 unspecified atom stereocenters. The van der Waals surface area contributed by atoms with Crippen LogP contribution in [0.5, 0.6) is 0 Å². The minimum Gasteiger partial charge on any atom is -0.288 e.